The largest absolute Gasteiger partial charge is 0.369 e. The maximum Gasteiger partial charge on any atom is 0.133 e. The number of hydrogen-bond donors (Lipinski definition) is 1. The van der Waals surface area contributed by atoms with Crippen LogP contribution in [0, 0.1) is 6.92 Å². The van der Waals surface area contributed by atoms with Gasteiger partial charge in [-0.15, -0.1) is 0 Å². The van der Waals surface area contributed by atoms with E-state index in [1.807, 2.05) is 28.9 Å². The van der Waals surface area contributed by atoms with Crippen molar-refractivity contribution in [2.75, 3.05) is 11.9 Å². The van der Waals surface area contributed by atoms with Gasteiger partial charge >= 0.3 is 0 Å². The van der Waals surface area contributed by atoms with Crippen LogP contribution in [0.15, 0.2) is 48.5 Å². The van der Waals surface area contributed by atoms with Crippen molar-refractivity contribution in [3.63, 3.8) is 0 Å². The molecular weight excluding hydrogens is 294 g/mol. The molecule has 0 aliphatic carbocycles. The molecule has 4 heteroatoms. The first-order valence-electron chi connectivity index (χ1n) is 7.42. The van der Waals surface area contributed by atoms with Crippen LogP contribution in [0.2, 0.25) is 5.02 Å². The van der Waals surface area contributed by atoms with Crippen molar-refractivity contribution in [1.82, 2.24) is 9.78 Å². The van der Waals surface area contributed by atoms with Crippen LogP contribution in [-0.2, 0) is 6.42 Å². The molecule has 1 aliphatic heterocycles. The minimum absolute atomic E-state index is 0.720. The number of benzene rings is 2. The predicted octanol–water partition coefficient (Wildman–Crippen LogP) is 4.47. The number of anilines is 1. The van der Waals surface area contributed by atoms with E-state index in [9.17, 15) is 0 Å². The lowest BCUT2D eigenvalue weighted by Crippen LogP contribution is -2.04. The Bertz CT molecular complexity index is 851. The molecule has 0 spiro atoms. The third-order valence-electron chi connectivity index (χ3n) is 4.10. The van der Waals surface area contributed by atoms with Crippen LogP contribution in [0.4, 0.5) is 5.82 Å². The number of nitrogens with zero attached hydrogens (tertiary/aromatic N) is 2. The summed E-state index contributed by atoms with van der Waals surface area (Å²) in [6, 6.07) is 16.2. The van der Waals surface area contributed by atoms with E-state index in [0.29, 0.717) is 0 Å². The zero-order chi connectivity index (χ0) is 15.1. The minimum atomic E-state index is 0.720. The van der Waals surface area contributed by atoms with Gasteiger partial charge in [0, 0.05) is 22.7 Å². The van der Waals surface area contributed by atoms with Crippen LogP contribution in [0.1, 0.15) is 11.1 Å². The predicted molar refractivity (Wildman–Crippen MR) is 90.9 cm³/mol. The quantitative estimate of drug-likeness (QED) is 0.757. The fourth-order valence-corrected chi connectivity index (χ4v) is 3.21. The summed E-state index contributed by atoms with van der Waals surface area (Å²) in [6.45, 7) is 3.08. The summed E-state index contributed by atoms with van der Waals surface area (Å²) in [7, 11) is 0. The second-order valence-corrected chi connectivity index (χ2v) is 6.00. The average molecular weight is 310 g/mol. The first kappa shape index (κ1) is 13.4. The van der Waals surface area contributed by atoms with Crippen molar-refractivity contribution >= 4 is 17.4 Å². The number of rotatable bonds is 2. The lowest BCUT2D eigenvalue weighted by Gasteiger charge is -2.07. The molecular formula is C18H16ClN3. The van der Waals surface area contributed by atoms with Gasteiger partial charge in [-0.05, 0) is 37.1 Å². The molecule has 0 amide bonds. The Kier molecular flexibility index (Phi) is 3.16. The topological polar surface area (TPSA) is 29.9 Å². The van der Waals surface area contributed by atoms with E-state index in [-0.39, 0.29) is 0 Å². The summed E-state index contributed by atoms with van der Waals surface area (Å²) < 4.78 is 1.97. The summed E-state index contributed by atoms with van der Waals surface area (Å²) in [4.78, 5) is 0. The summed E-state index contributed by atoms with van der Waals surface area (Å²) >= 11 is 6.13. The lowest BCUT2D eigenvalue weighted by molar-refractivity contribution is 0.882. The molecule has 2 aromatic carbocycles. The summed E-state index contributed by atoms with van der Waals surface area (Å²) in [6.07, 6.45) is 1.000. The van der Waals surface area contributed by atoms with Crippen molar-refractivity contribution in [3.05, 3.63) is 64.7 Å². The molecule has 110 valence electrons. The number of fused-ring (bicyclic) bond motifs is 1. The number of nitrogens with one attached hydrogen (secondary N) is 1. The molecule has 2 heterocycles. The Morgan fingerprint density at radius 1 is 1.14 bits per heavy atom. The molecule has 1 N–H and O–H groups in total. The van der Waals surface area contributed by atoms with E-state index in [0.717, 1.165) is 35.2 Å². The summed E-state index contributed by atoms with van der Waals surface area (Å²) in [5, 5.41) is 9.04. The molecule has 0 radical (unpaired) electrons. The lowest BCUT2D eigenvalue weighted by atomic mass is 10.0. The fourth-order valence-electron chi connectivity index (χ4n) is 3.02. The van der Waals surface area contributed by atoms with Crippen molar-refractivity contribution in [2.24, 2.45) is 0 Å². The van der Waals surface area contributed by atoms with E-state index < -0.39 is 0 Å². The highest BCUT2D eigenvalue weighted by Gasteiger charge is 2.24. The van der Waals surface area contributed by atoms with Crippen LogP contribution < -0.4 is 5.32 Å². The third-order valence-corrected chi connectivity index (χ3v) is 4.34. The highest BCUT2D eigenvalue weighted by Crippen LogP contribution is 2.35. The Hall–Kier alpha value is -2.26. The first-order chi connectivity index (χ1) is 10.7. The maximum atomic E-state index is 6.13. The molecule has 4 rings (SSSR count). The second-order valence-electron chi connectivity index (χ2n) is 5.56. The molecule has 0 fully saturated rings. The molecule has 0 saturated heterocycles. The zero-order valence-electron chi connectivity index (χ0n) is 12.3. The Balaban J connectivity index is 1.93. The van der Waals surface area contributed by atoms with E-state index in [4.69, 9.17) is 16.7 Å². The Morgan fingerprint density at radius 3 is 2.82 bits per heavy atom. The van der Waals surface area contributed by atoms with E-state index in [2.05, 4.69) is 36.5 Å². The highest BCUT2D eigenvalue weighted by molar-refractivity contribution is 6.30. The van der Waals surface area contributed by atoms with E-state index in [1.54, 1.807) is 0 Å². The Morgan fingerprint density at radius 2 is 2.00 bits per heavy atom. The molecule has 3 nitrogen and oxygen atoms in total. The smallest absolute Gasteiger partial charge is 0.133 e. The van der Waals surface area contributed by atoms with Crippen LogP contribution >= 0.6 is 11.6 Å². The van der Waals surface area contributed by atoms with Gasteiger partial charge in [-0.25, -0.2) is 4.68 Å². The SMILES string of the molecule is Cc1ccccc1-c1nn(-c2cccc(Cl)c2)c2c1CCN2. The van der Waals surface area contributed by atoms with Crippen molar-refractivity contribution in [2.45, 2.75) is 13.3 Å². The van der Waals surface area contributed by atoms with Crippen LogP contribution in [0.25, 0.3) is 16.9 Å². The average Bonchev–Trinajstić information content (AvgIpc) is 3.10. The molecule has 0 atom stereocenters. The van der Waals surface area contributed by atoms with Gasteiger partial charge in [-0.3, -0.25) is 0 Å². The highest BCUT2D eigenvalue weighted by atomic mass is 35.5. The fraction of sp³-hybridized carbons (Fsp3) is 0.167. The molecule has 0 bridgehead atoms. The van der Waals surface area contributed by atoms with Crippen LogP contribution in [0.3, 0.4) is 0 Å². The normalized spacial score (nSPS) is 13.0. The first-order valence-corrected chi connectivity index (χ1v) is 7.79. The third kappa shape index (κ3) is 2.09. The standard InChI is InChI=1S/C18H16ClN3/c1-12-5-2-3-8-15(12)17-16-9-10-20-18(16)22(21-17)14-7-4-6-13(19)11-14/h2-8,11,20H,9-10H2,1H3. The summed E-state index contributed by atoms with van der Waals surface area (Å²) in [5.74, 6) is 1.08. The van der Waals surface area contributed by atoms with Gasteiger partial charge in [0.15, 0.2) is 0 Å². The van der Waals surface area contributed by atoms with Gasteiger partial charge in [0.05, 0.1) is 11.4 Å². The number of hydrogen-bond acceptors (Lipinski definition) is 2. The van der Waals surface area contributed by atoms with Crippen LogP contribution in [-0.4, -0.2) is 16.3 Å². The number of halogens is 1. The number of aromatic nitrogens is 2. The molecule has 22 heavy (non-hydrogen) atoms. The van der Waals surface area contributed by atoms with Gasteiger partial charge in [0.1, 0.15) is 5.82 Å². The maximum absolute atomic E-state index is 6.13. The van der Waals surface area contributed by atoms with Crippen molar-refractivity contribution in [1.29, 1.82) is 0 Å². The van der Waals surface area contributed by atoms with Crippen LogP contribution in [0.5, 0.6) is 0 Å². The van der Waals surface area contributed by atoms with E-state index >= 15 is 0 Å². The summed E-state index contributed by atoms with van der Waals surface area (Å²) in [5.41, 5.74) is 5.78. The van der Waals surface area contributed by atoms with Crippen molar-refractivity contribution < 1.29 is 0 Å². The van der Waals surface area contributed by atoms with Gasteiger partial charge in [-0.1, -0.05) is 41.9 Å². The van der Waals surface area contributed by atoms with Gasteiger partial charge in [0.2, 0.25) is 0 Å². The minimum Gasteiger partial charge on any atom is -0.369 e. The van der Waals surface area contributed by atoms with Gasteiger partial charge in [0.25, 0.3) is 0 Å². The Labute approximate surface area is 134 Å². The van der Waals surface area contributed by atoms with E-state index in [1.165, 1.54) is 16.7 Å². The number of aryl methyl sites for hydroxylation is 1. The zero-order valence-corrected chi connectivity index (χ0v) is 13.1. The molecule has 3 aromatic rings. The molecule has 1 aromatic heterocycles. The molecule has 0 saturated carbocycles. The van der Waals surface area contributed by atoms with Gasteiger partial charge in [-0.2, -0.15) is 5.10 Å². The van der Waals surface area contributed by atoms with Gasteiger partial charge < -0.3 is 5.32 Å². The molecule has 1 aliphatic rings. The van der Waals surface area contributed by atoms with Crippen molar-refractivity contribution in [3.8, 4) is 16.9 Å². The molecule has 0 unspecified atom stereocenters. The monoisotopic (exact) mass is 309 g/mol. The second kappa shape index (κ2) is 5.18.